The van der Waals surface area contributed by atoms with E-state index in [4.69, 9.17) is 18.9 Å². The summed E-state index contributed by atoms with van der Waals surface area (Å²) in [5.41, 5.74) is 0. The molecular weight excluding hydrogens is 979 g/mol. The van der Waals surface area contributed by atoms with Crippen LogP contribution >= 0.6 is 0 Å². The number of ether oxygens (including phenoxy) is 4. The molecule has 1 amide bonds. The van der Waals surface area contributed by atoms with Crippen LogP contribution in [0.1, 0.15) is 187 Å². The van der Waals surface area contributed by atoms with Crippen LogP contribution in [-0.4, -0.2) is 140 Å². The summed E-state index contributed by atoms with van der Waals surface area (Å²) in [4.78, 5) is 13.2. The molecular formula is C63H105NO13. The van der Waals surface area contributed by atoms with E-state index in [1.54, 1.807) is 0 Å². The van der Waals surface area contributed by atoms with Crippen molar-refractivity contribution >= 4 is 5.91 Å². The predicted octanol–water partition coefficient (Wildman–Crippen LogP) is 10.1. The number of aliphatic hydroxyl groups excluding tert-OH is 8. The molecule has 2 heterocycles. The first-order chi connectivity index (χ1) is 37.6. The van der Waals surface area contributed by atoms with Gasteiger partial charge in [-0.1, -0.05) is 207 Å². The van der Waals surface area contributed by atoms with Crippen LogP contribution in [0.4, 0.5) is 0 Å². The number of aliphatic hydroxyl groups is 8. The first-order valence-corrected chi connectivity index (χ1v) is 29.6. The van der Waals surface area contributed by atoms with Crippen molar-refractivity contribution in [1.29, 1.82) is 0 Å². The Morgan fingerprint density at radius 3 is 1.36 bits per heavy atom. The molecule has 14 nitrogen and oxygen atoms in total. The zero-order valence-corrected chi connectivity index (χ0v) is 47.2. The van der Waals surface area contributed by atoms with Crippen LogP contribution in [0.15, 0.2) is 109 Å². The zero-order chi connectivity index (χ0) is 56.0. The molecule has 2 rings (SSSR count). The first kappa shape index (κ1) is 69.8. The Bertz CT molecular complexity index is 1700. The van der Waals surface area contributed by atoms with E-state index in [9.17, 15) is 45.6 Å². The van der Waals surface area contributed by atoms with Crippen molar-refractivity contribution in [3.8, 4) is 0 Å². The number of rotatable bonds is 45. The molecule has 0 aromatic rings. The van der Waals surface area contributed by atoms with E-state index in [1.807, 2.05) is 0 Å². The van der Waals surface area contributed by atoms with Gasteiger partial charge in [-0.25, -0.2) is 0 Å². The van der Waals surface area contributed by atoms with Crippen LogP contribution in [-0.2, 0) is 23.7 Å². The molecule has 0 aliphatic carbocycles. The van der Waals surface area contributed by atoms with Gasteiger partial charge >= 0.3 is 0 Å². The van der Waals surface area contributed by atoms with Crippen molar-refractivity contribution in [2.45, 2.75) is 261 Å². The summed E-state index contributed by atoms with van der Waals surface area (Å²) in [7, 11) is 0. The van der Waals surface area contributed by atoms with E-state index in [0.29, 0.717) is 12.8 Å². The van der Waals surface area contributed by atoms with Crippen molar-refractivity contribution in [3.63, 3.8) is 0 Å². The molecule has 9 N–H and O–H groups in total. The highest BCUT2D eigenvalue weighted by atomic mass is 16.7. The van der Waals surface area contributed by atoms with Crippen molar-refractivity contribution < 1.29 is 64.6 Å². The van der Waals surface area contributed by atoms with E-state index in [1.165, 1.54) is 51.4 Å². The fourth-order valence-corrected chi connectivity index (χ4v) is 8.99. The minimum absolute atomic E-state index is 0.245. The maximum absolute atomic E-state index is 13.2. The maximum Gasteiger partial charge on any atom is 0.220 e. The van der Waals surface area contributed by atoms with Gasteiger partial charge in [0.2, 0.25) is 5.91 Å². The molecule has 0 bridgehead atoms. The second kappa shape index (κ2) is 47.5. The van der Waals surface area contributed by atoms with Crippen molar-refractivity contribution in [1.82, 2.24) is 5.32 Å². The molecule has 0 saturated carbocycles. The lowest BCUT2D eigenvalue weighted by molar-refractivity contribution is -0.359. The molecule has 2 fully saturated rings. The Kier molecular flexibility index (Phi) is 43.0. The average Bonchev–Trinajstić information content (AvgIpc) is 3.43. The van der Waals surface area contributed by atoms with E-state index in [-0.39, 0.29) is 18.9 Å². The highest BCUT2D eigenvalue weighted by molar-refractivity contribution is 5.76. The van der Waals surface area contributed by atoms with Gasteiger partial charge in [-0.2, -0.15) is 0 Å². The summed E-state index contributed by atoms with van der Waals surface area (Å²) in [6.07, 6.45) is 49.5. The summed E-state index contributed by atoms with van der Waals surface area (Å²) in [5.74, 6) is -0.245. The maximum atomic E-state index is 13.2. The van der Waals surface area contributed by atoms with E-state index in [2.05, 4.69) is 129 Å². The molecule has 0 radical (unpaired) electrons. The molecule has 440 valence electrons. The number of hydrogen-bond donors (Lipinski definition) is 9. The van der Waals surface area contributed by atoms with Crippen LogP contribution in [0.25, 0.3) is 0 Å². The lowest BCUT2D eigenvalue weighted by atomic mass is 9.97. The van der Waals surface area contributed by atoms with Gasteiger partial charge in [-0.3, -0.25) is 4.79 Å². The molecule has 0 spiro atoms. The van der Waals surface area contributed by atoms with Crippen LogP contribution in [0.2, 0.25) is 0 Å². The van der Waals surface area contributed by atoms with Crippen LogP contribution in [0, 0.1) is 0 Å². The standard InChI is InChI=1S/C63H105NO13/c1-3-5-7-9-11-13-15-17-18-19-20-21-22-23-24-25-26-27-28-29-30-31-32-33-34-35-37-39-41-43-45-47-55(68)64-51(52(67)46-44-42-40-38-36-16-14-12-10-8-6-4-2)50-74-62-60(73)58(71)61(54(49-66)76-62)77-63-59(72)57(70)56(69)53(48-65)75-63/h5,7,11,13,17-18,20-21,23-24,26-27,29-30,32-33,35,37,51-54,56-63,65-67,69-73H,3-4,6,8-10,12,14-16,19,22,25,28,31,34,36,38-50H2,1-2H3,(H,64,68)/b7-5-,13-11-,18-17-,21-20-,24-23-,27-26-,30-29-,33-32-,37-35-. The molecule has 2 aliphatic rings. The minimum atomic E-state index is -1.79. The Morgan fingerprint density at radius 2 is 0.896 bits per heavy atom. The number of carbonyl (C=O) groups is 1. The van der Waals surface area contributed by atoms with Gasteiger partial charge in [-0.15, -0.1) is 0 Å². The number of nitrogens with one attached hydrogen (secondary N) is 1. The Labute approximate surface area is 464 Å². The lowest BCUT2D eigenvalue weighted by Gasteiger charge is -2.46. The van der Waals surface area contributed by atoms with Crippen molar-refractivity contribution in [2.24, 2.45) is 0 Å². The summed E-state index contributed by atoms with van der Waals surface area (Å²) in [6.45, 7) is 2.69. The van der Waals surface area contributed by atoms with E-state index >= 15 is 0 Å². The molecule has 0 aromatic heterocycles. The SMILES string of the molecule is CC/C=C\C/C=C\C/C=C\C/C=C\C/C=C\C/C=C\C/C=C\C/C=C\C/C=C\CCCCCC(=O)NC(COC1OC(CO)C(OC2OC(CO)C(O)C(O)C2O)C(O)C1O)C(O)CCCCCCCCCCCCCC. The van der Waals surface area contributed by atoms with Gasteiger partial charge in [0.25, 0.3) is 0 Å². The monoisotopic (exact) mass is 1080 g/mol. The fourth-order valence-electron chi connectivity index (χ4n) is 8.99. The van der Waals surface area contributed by atoms with Gasteiger partial charge in [0.15, 0.2) is 12.6 Å². The van der Waals surface area contributed by atoms with Crippen LogP contribution < -0.4 is 5.32 Å². The van der Waals surface area contributed by atoms with Crippen LogP contribution in [0.3, 0.4) is 0 Å². The molecule has 14 heteroatoms. The average molecular weight is 1080 g/mol. The minimum Gasteiger partial charge on any atom is -0.394 e. The summed E-state index contributed by atoms with van der Waals surface area (Å²) in [5, 5.41) is 87.1. The smallest absolute Gasteiger partial charge is 0.220 e. The van der Waals surface area contributed by atoms with Crippen LogP contribution in [0.5, 0.6) is 0 Å². The number of unbranched alkanes of at least 4 members (excludes halogenated alkanes) is 14. The molecule has 12 unspecified atom stereocenters. The summed E-state index contributed by atoms with van der Waals surface area (Å²) < 4.78 is 22.8. The van der Waals surface area contributed by atoms with Gasteiger partial charge in [0.1, 0.15) is 48.8 Å². The third-order valence-electron chi connectivity index (χ3n) is 13.8. The molecule has 77 heavy (non-hydrogen) atoms. The van der Waals surface area contributed by atoms with Gasteiger partial charge < -0.3 is 65.1 Å². The van der Waals surface area contributed by atoms with E-state index in [0.717, 1.165) is 103 Å². The zero-order valence-electron chi connectivity index (χ0n) is 47.2. The first-order valence-electron chi connectivity index (χ1n) is 29.6. The number of allylic oxidation sites excluding steroid dienone is 18. The second-order valence-electron chi connectivity index (χ2n) is 20.4. The normalized spacial score (nSPS) is 25.5. The number of amides is 1. The highest BCUT2D eigenvalue weighted by Gasteiger charge is 2.51. The predicted molar refractivity (Wildman–Crippen MR) is 309 cm³/mol. The van der Waals surface area contributed by atoms with Crippen molar-refractivity contribution in [3.05, 3.63) is 109 Å². The third kappa shape index (κ3) is 33.1. The second-order valence-corrected chi connectivity index (χ2v) is 20.4. The molecule has 2 aliphatic heterocycles. The van der Waals surface area contributed by atoms with Crippen molar-refractivity contribution in [2.75, 3.05) is 19.8 Å². The van der Waals surface area contributed by atoms with Gasteiger partial charge in [0, 0.05) is 6.42 Å². The molecule has 0 aromatic carbocycles. The third-order valence-corrected chi connectivity index (χ3v) is 13.8. The fraction of sp³-hybridized carbons (Fsp3) is 0.698. The van der Waals surface area contributed by atoms with Gasteiger partial charge in [0.05, 0.1) is 32.0 Å². The van der Waals surface area contributed by atoms with Gasteiger partial charge in [-0.05, 0) is 83.5 Å². The molecule has 12 atom stereocenters. The lowest BCUT2D eigenvalue weighted by Crippen LogP contribution is -2.65. The highest BCUT2D eigenvalue weighted by Crippen LogP contribution is 2.30. The Morgan fingerprint density at radius 1 is 0.481 bits per heavy atom. The molecule has 2 saturated heterocycles. The Hall–Kier alpha value is -3.35. The topological polar surface area (TPSA) is 228 Å². The number of carbonyl (C=O) groups excluding carboxylic acids is 1. The summed E-state index contributed by atoms with van der Waals surface area (Å²) >= 11 is 0. The largest absolute Gasteiger partial charge is 0.394 e. The van der Waals surface area contributed by atoms with E-state index < -0.39 is 86.8 Å². The summed E-state index contributed by atoms with van der Waals surface area (Å²) in [6, 6.07) is -0.854. The number of hydrogen-bond acceptors (Lipinski definition) is 13. The Balaban J connectivity index is 1.73. The quantitative estimate of drug-likeness (QED) is 0.0205.